The zero-order valence-corrected chi connectivity index (χ0v) is 10.6. The van der Waals surface area contributed by atoms with E-state index in [-0.39, 0.29) is 5.56 Å². The zero-order valence-electron chi connectivity index (χ0n) is 10.6. The number of rotatable bonds is 5. The van der Waals surface area contributed by atoms with E-state index < -0.39 is 5.97 Å². The SMILES string of the molecule is CCC(C)N(CC)c1cc(C(=O)O)ccc1N. The van der Waals surface area contributed by atoms with Gasteiger partial charge in [-0.15, -0.1) is 0 Å². The second-order valence-corrected chi connectivity index (χ2v) is 4.12. The Morgan fingerprint density at radius 2 is 2.12 bits per heavy atom. The van der Waals surface area contributed by atoms with Gasteiger partial charge < -0.3 is 15.7 Å². The van der Waals surface area contributed by atoms with Crippen LogP contribution in [-0.2, 0) is 0 Å². The number of nitrogen functional groups attached to an aromatic ring is 1. The summed E-state index contributed by atoms with van der Waals surface area (Å²) in [6.07, 6.45) is 0.991. The minimum absolute atomic E-state index is 0.274. The highest BCUT2D eigenvalue weighted by molar-refractivity contribution is 5.90. The van der Waals surface area contributed by atoms with Gasteiger partial charge in [0.2, 0.25) is 0 Å². The molecule has 4 heteroatoms. The molecule has 1 rings (SSSR count). The van der Waals surface area contributed by atoms with Crippen molar-refractivity contribution in [3.63, 3.8) is 0 Å². The summed E-state index contributed by atoms with van der Waals surface area (Å²) in [4.78, 5) is 13.1. The van der Waals surface area contributed by atoms with E-state index >= 15 is 0 Å². The van der Waals surface area contributed by atoms with Crippen LogP contribution >= 0.6 is 0 Å². The minimum atomic E-state index is -0.925. The Morgan fingerprint density at radius 1 is 1.47 bits per heavy atom. The molecule has 0 aliphatic carbocycles. The van der Waals surface area contributed by atoms with E-state index in [4.69, 9.17) is 10.8 Å². The fourth-order valence-corrected chi connectivity index (χ4v) is 1.87. The van der Waals surface area contributed by atoms with Crippen molar-refractivity contribution in [2.45, 2.75) is 33.2 Å². The van der Waals surface area contributed by atoms with E-state index in [1.807, 2.05) is 6.92 Å². The Hall–Kier alpha value is -1.71. The molecule has 0 radical (unpaired) electrons. The lowest BCUT2D eigenvalue weighted by Crippen LogP contribution is -2.33. The van der Waals surface area contributed by atoms with Crippen LogP contribution in [0.5, 0.6) is 0 Å². The van der Waals surface area contributed by atoms with Gasteiger partial charge in [-0.3, -0.25) is 0 Å². The summed E-state index contributed by atoms with van der Waals surface area (Å²) in [5, 5.41) is 8.99. The summed E-state index contributed by atoms with van der Waals surface area (Å²) >= 11 is 0. The van der Waals surface area contributed by atoms with Crippen molar-refractivity contribution in [2.75, 3.05) is 17.2 Å². The Morgan fingerprint density at radius 3 is 2.59 bits per heavy atom. The lowest BCUT2D eigenvalue weighted by atomic mass is 10.1. The molecule has 0 bridgehead atoms. The van der Waals surface area contributed by atoms with E-state index in [0.29, 0.717) is 11.7 Å². The summed E-state index contributed by atoms with van der Waals surface area (Å²) < 4.78 is 0. The van der Waals surface area contributed by atoms with Crippen molar-refractivity contribution in [2.24, 2.45) is 0 Å². The lowest BCUT2D eigenvalue weighted by Gasteiger charge is -2.30. The highest BCUT2D eigenvalue weighted by Gasteiger charge is 2.15. The smallest absolute Gasteiger partial charge is 0.335 e. The molecular formula is C13H20N2O2. The van der Waals surface area contributed by atoms with E-state index in [9.17, 15) is 4.79 Å². The molecule has 0 fully saturated rings. The molecule has 0 saturated carbocycles. The Labute approximate surface area is 102 Å². The number of benzene rings is 1. The van der Waals surface area contributed by atoms with Gasteiger partial charge in [-0.1, -0.05) is 6.92 Å². The Balaban J connectivity index is 3.17. The normalized spacial score (nSPS) is 12.2. The van der Waals surface area contributed by atoms with Crippen LogP contribution in [0.2, 0.25) is 0 Å². The van der Waals surface area contributed by atoms with Crippen LogP contribution in [0.3, 0.4) is 0 Å². The molecule has 0 saturated heterocycles. The molecule has 1 aromatic rings. The first-order valence-electron chi connectivity index (χ1n) is 5.90. The molecule has 0 spiro atoms. The maximum Gasteiger partial charge on any atom is 0.335 e. The average Bonchev–Trinajstić information content (AvgIpc) is 2.31. The first kappa shape index (κ1) is 13.4. The third-order valence-electron chi connectivity index (χ3n) is 3.05. The van der Waals surface area contributed by atoms with Crippen molar-refractivity contribution in [1.29, 1.82) is 0 Å². The summed E-state index contributed by atoms with van der Waals surface area (Å²) in [7, 11) is 0. The molecule has 1 aromatic carbocycles. The van der Waals surface area contributed by atoms with Gasteiger partial charge >= 0.3 is 5.97 Å². The van der Waals surface area contributed by atoms with Crippen molar-refractivity contribution in [3.05, 3.63) is 23.8 Å². The van der Waals surface area contributed by atoms with Crippen LogP contribution in [0.1, 0.15) is 37.6 Å². The monoisotopic (exact) mass is 236 g/mol. The number of aromatic carboxylic acids is 1. The lowest BCUT2D eigenvalue weighted by molar-refractivity contribution is 0.0697. The molecule has 4 nitrogen and oxygen atoms in total. The van der Waals surface area contributed by atoms with Gasteiger partial charge in [0.25, 0.3) is 0 Å². The van der Waals surface area contributed by atoms with Crippen LogP contribution in [0.15, 0.2) is 18.2 Å². The molecule has 1 unspecified atom stereocenters. The van der Waals surface area contributed by atoms with E-state index in [1.165, 1.54) is 6.07 Å². The van der Waals surface area contributed by atoms with Crippen LogP contribution in [0.4, 0.5) is 11.4 Å². The van der Waals surface area contributed by atoms with Crippen LogP contribution in [0.25, 0.3) is 0 Å². The van der Waals surface area contributed by atoms with Crippen LogP contribution in [0, 0.1) is 0 Å². The quantitative estimate of drug-likeness (QED) is 0.771. The largest absolute Gasteiger partial charge is 0.478 e. The summed E-state index contributed by atoms with van der Waals surface area (Å²) in [6.45, 7) is 7.06. The fraction of sp³-hybridized carbons (Fsp3) is 0.462. The molecule has 0 aliphatic heterocycles. The second kappa shape index (κ2) is 5.57. The second-order valence-electron chi connectivity index (χ2n) is 4.12. The van der Waals surface area contributed by atoms with Gasteiger partial charge in [0.05, 0.1) is 16.9 Å². The predicted molar refractivity (Wildman–Crippen MR) is 70.6 cm³/mol. The standard InChI is InChI=1S/C13H20N2O2/c1-4-9(3)15(5-2)12-8-10(13(16)17)6-7-11(12)14/h6-9H,4-5,14H2,1-3H3,(H,16,17). The Kier molecular flexibility index (Phi) is 4.37. The molecular weight excluding hydrogens is 216 g/mol. The molecule has 1 atom stereocenters. The van der Waals surface area contributed by atoms with Gasteiger partial charge in [0, 0.05) is 12.6 Å². The minimum Gasteiger partial charge on any atom is -0.478 e. The number of carbonyl (C=O) groups is 1. The van der Waals surface area contributed by atoms with Crippen molar-refractivity contribution in [3.8, 4) is 0 Å². The predicted octanol–water partition coefficient (Wildman–Crippen LogP) is 2.59. The van der Waals surface area contributed by atoms with Gasteiger partial charge in [-0.2, -0.15) is 0 Å². The summed E-state index contributed by atoms with van der Waals surface area (Å²) in [5.41, 5.74) is 7.63. The number of carboxylic acid groups (broad SMARTS) is 1. The maximum absolute atomic E-state index is 11.0. The van der Waals surface area contributed by atoms with Crippen molar-refractivity contribution >= 4 is 17.3 Å². The van der Waals surface area contributed by atoms with E-state index in [2.05, 4.69) is 18.7 Å². The van der Waals surface area contributed by atoms with Crippen LogP contribution in [-0.4, -0.2) is 23.7 Å². The number of hydrogen-bond donors (Lipinski definition) is 2. The van der Waals surface area contributed by atoms with E-state index in [0.717, 1.165) is 18.7 Å². The topological polar surface area (TPSA) is 66.6 Å². The van der Waals surface area contributed by atoms with Crippen molar-refractivity contribution in [1.82, 2.24) is 0 Å². The van der Waals surface area contributed by atoms with Gasteiger partial charge in [0.15, 0.2) is 0 Å². The Bertz CT molecular complexity index is 404. The molecule has 3 N–H and O–H groups in total. The highest BCUT2D eigenvalue weighted by atomic mass is 16.4. The number of anilines is 2. The number of nitrogens with zero attached hydrogens (tertiary/aromatic N) is 1. The van der Waals surface area contributed by atoms with E-state index in [1.54, 1.807) is 12.1 Å². The molecule has 0 amide bonds. The summed E-state index contributed by atoms with van der Waals surface area (Å²) in [5.74, 6) is -0.925. The summed E-state index contributed by atoms with van der Waals surface area (Å²) in [6, 6.07) is 5.18. The molecule has 0 heterocycles. The number of carboxylic acids is 1. The molecule has 0 aliphatic rings. The first-order chi connectivity index (χ1) is 8.01. The first-order valence-corrected chi connectivity index (χ1v) is 5.90. The average molecular weight is 236 g/mol. The highest BCUT2D eigenvalue weighted by Crippen LogP contribution is 2.27. The fourth-order valence-electron chi connectivity index (χ4n) is 1.87. The maximum atomic E-state index is 11.0. The van der Waals surface area contributed by atoms with Crippen molar-refractivity contribution < 1.29 is 9.90 Å². The third kappa shape index (κ3) is 2.90. The van der Waals surface area contributed by atoms with Gasteiger partial charge in [-0.05, 0) is 38.5 Å². The number of nitrogens with two attached hydrogens (primary N) is 1. The molecule has 17 heavy (non-hydrogen) atoms. The molecule has 94 valence electrons. The number of hydrogen-bond acceptors (Lipinski definition) is 3. The third-order valence-corrected chi connectivity index (χ3v) is 3.05. The van der Waals surface area contributed by atoms with Crippen LogP contribution < -0.4 is 10.6 Å². The van der Waals surface area contributed by atoms with Gasteiger partial charge in [0.1, 0.15) is 0 Å². The zero-order chi connectivity index (χ0) is 13.0. The van der Waals surface area contributed by atoms with Gasteiger partial charge in [-0.25, -0.2) is 4.79 Å². The molecule has 0 aromatic heterocycles.